The smallest absolute Gasteiger partial charge is 0.240 e. The highest BCUT2D eigenvalue weighted by atomic mass is 35.5. The van der Waals surface area contributed by atoms with Crippen molar-refractivity contribution >= 4 is 40.6 Å². The summed E-state index contributed by atoms with van der Waals surface area (Å²) in [6, 6.07) is 6.98. The molecular formula is C15H15Cl3N2O. The molecule has 0 aliphatic heterocycles. The molecule has 0 unspecified atom stereocenters. The Bertz CT molecular complexity index is 647. The fraction of sp³-hybridized carbons (Fsp3) is 0.267. The summed E-state index contributed by atoms with van der Waals surface area (Å²) in [5, 5.41) is 4.64. The maximum Gasteiger partial charge on any atom is 0.240 e. The lowest BCUT2D eigenvalue weighted by Gasteiger charge is -2.12. The van der Waals surface area contributed by atoms with Gasteiger partial charge in [-0.1, -0.05) is 41.7 Å². The molecule has 0 amide bonds. The Morgan fingerprint density at radius 3 is 2.52 bits per heavy atom. The van der Waals surface area contributed by atoms with Crippen molar-refractivity contribution < 1.29 is 4.74 Å². The van der Waals surface area contributed by atoms with Crippen LogP contribution < -0.4 is 10.1 Å². The van der Waals surface area contributed by atoms with Crippen molar-refractivity contribution in [3.63, 3.8) is 0 Å². The second-order valence-corrected chi connectivity index (χ2v) is 5.77. The normalized spacial score (nSPS) is 10.5. The quantitative estimate of drug-likeness (QED) is 0.725. The van der Waals surface area contributed by atoms with Gasteiger partial charge >= 0.3 is 0 Å². The van der Waals surface area contributed by atoms with Crippen LogP contribution in [-0.2, 0) is 0 Å². The predicted octanol–water partition coefficient (Wildman–Crippen LogP) is 5.96. The van der Waals surface area contributed by atoms with Crippen molar-refractivity contribution in [3.8, 4) is 11.6 Å². The molecule has 1 aromatic heterocycles. The van der Waals surface area contributed by atoms with Crippen LogP contribution in [0.2, 0.25) is 15.1 Å². The summed E-state index contributed by atoms with van der Waals surface area (Å²) < 4.78 is 5.72. The minimum Gasteiger partial charge on any atom is -0.437 e. The molecule has 0 spiro atoms. The molecule has 0 aliphatic rings. The average molecular weight is 346 g/mol. The lowest BCUT2D eigenvalue weighted by atomic mass is 10.2. The summed E-state index contributed by atoms with van der Waals surface area (Å²) >= 11 is 18.2. The van der Waals surface area contributed by atoms with Gasteiger partial charge < -0.3 is 10.1 Å². The van der Waals surface area contributed by atoms with Gasteiger partial charge in [-0.05, 0) is 43.2 Å². The van der Waals surface area contributed by atoms with E-state index in [-0.39, 0.29) is 0 Å². The minimum absolute atomic E-state index is 0.307. The number of aryl methyl sites for hydroxylation is 1. The number of hydrogen-bond acceptors (Lipinski definition) is 3. The third kappa shape index (κ3) is 4.16. The first kappa shape index (κ1) is 16.2. The Kier molecular flexibility index (Phi) is 5.57. The second-order valence-electron chi connectivity index (χ2n) is 4.55. The van der Waals surface area contributed by atoms with E-state index in [1.807, 2.05) is 13.0 Å². The van der Waals surface area contributed by atoms with E-state index in [0.717, 1.165) is 18.5 Å². The Balaban J connectivity index is 2.28. The van der Waals surface area contributed by atoms with Crippen molar-refractivity contribution in [1.82, 2.24) is 4.98 Å². The zero-order valence-corrected chi connectivity index (χ0v) is 14.0. The van der Waals surface area contributed by atoms with E-state index in [1.54, 1.807) is 18.2 Å². The van der Waals surface area contributed by atoms with Gasteiger partial charge in [-0.15, -0.1) is 0 Å². The SMILES string of the molecule is CCCNc1nc(Oc2ccc(Cl)c(C)c2)c(Cl)cc1Cl. The van der Waals surface area contributed by atoms with Crippen LogP contribution in [0.25, 0.3) is 0 Å². The van der Waals surface area contributed by atoms with E-state index in [4.69, 9.17) is 39.5 Å². The number of nitrogens with zero attached hydrogens (tertiary/aromatic N) is 1. The average Bonchev–Trinajstić information content (AvgIpc) is 2.44. The molecule has 0 saturated carbocycles. The van der Waals surface area contributed by atoms with Crippen LogP contribution in [0.15, 0.2) is 24.3 Å². The number of pyridine rings is 1. The van der Waals surface area contributed by atoms with Gasteiger partial charge in [-0.2, -0.15) is 4.98 Å². The molecule has 2 aromatic rings. The van der Waals surface area contributed by atoms with Crippen molar-refractivity contribution in [1.29, 1.82) is 0 Å². The Morgan fingerprint density at radius 1 is 1.10 bits per heavy atom. The number of nitrogens with one attached hydrogen (secondary N) is 1. The number of anilines is 1. The van der Waals surface area contributed by atoms with Gasteiger partial charge in [0.1, 0.15) is 16.6 Å². The van der Waals surface area contributed by atoms with Gasteiger partial charge in [0.25, 0.3) is 0 Å². The first-order valence-corrected chi connectivity index (χ1v) is 7.68. The fourth-order valence-corrected chi connectivity index (χ4v) is 2.26. The van der Waals surface area contributed by atoms with E-state index in [2.05, 4.69) is 17.2 Å². The number of hydrogen-bond donors (Lipinski definition) is 1. The van der Waals surface area contributed by atoms with Gasteiger partial charge in [0, 0.05) is 11.6 Å². The van der Waals surface area contributed by atoms with Gasteiger partial charge in [0.05, 0.1) is 5.02 Å². The molecule has 0 bridgehead atoms. The van der Waals surface area contributed by atoms with Crippen molar-refractivity contribution in [2.45, 2.75) is 20.3 Å². The van der Waals surface area contributed by atoms with Crippen molar-refractivity contribution in [2.75, 3.05) is 11.9 Å². The molecule has 2 rings (SSSR count). The molecule has 0 atom stereocenters. The molecule has 6 heteroatoms. The largest absolute Gasteiger partial charge is 0.437 e. The summed E-state index contributed by atoms with van der Waals surface area (Å²) in [5.41, 5.74) is 0.920. The monoisotopic (exact) mass is 344 g/mol. The Hall–Kier alpha value is -1.16. The molecule has 3 nitrogen and oxygen atoms in total. The molecule has 0 saturated heterocycles. The van der Waals surface area contributed by atoms with Gasteiger partial charge in [-0.3, -0.25) is 0 Å². The maximum atomic E-state index is 6.13. The highest BCUT2D eigenvalue weighted by molar-refractivity contribution is 6.36. The van der Waals surface area contributed by atoms with Crippen LogP contribution >= 0.6 is 34.8 Å². The molecular weight excluding hydrogens is 331 g/mol. The number of halogens is 3. The molecule has 0 aliphatic carbocycles. The van der Waals surface area contributed by atoms with E-state index < -0.39 is 0 Å². The predicted molar refractivity (Wildman–Crippen MR) is 89.3 cm³/mol. The highest BCUT2D eigenvalue weighted by Crippen LogP contribution is 2.34. The van der Waals surface area contributed by atoms with Crippen molar-refractivity contribution in [3.05, 3.63) is 44.9 Å². The summed E-state index contributed by atoms with van der Waals surface area (Å²) in [4.78, 5) is 4.33. The van der Waals surface area contributed by atoms with Crippen LogP contribution in [0.1, 0.15) is 18.9 Å². The Labute approximate surface area is 139 Å². The summed E-state index contributed by atoms with van der Waals surface area (Å²) in [6.45, 7) is 4.74. The molecule has 21 heavy (non-hydrogen) atoms. The zero-order chi connectivity index (χ0) is 15.4. The van der Waals surface area contributed by atoms with E-state index in [9.17, 15) is 0 Å². The van der Waals surface area contributed by atoms with E-state index in [1.165, 1.54) is 0 Å². The molecule has 112 valence electrons. The number of ether oxygens (including phenoxy) is 1. The standard InChI is InChI=1S/C15H15Cl3N2O/c1-3-6-19-14-12(17)8-13(18)15(20-14)21-10-4-5-11(16)9(2)7-10/h4-5,7-8H,3,6H2,1-2H3,(H,19,20). The fourth-order valence-electron chi connectivity index (χ4n) is 1.68. The molecule has 1 N–H and O–H groups in total. The molecule has 1 heterocycles. The third-order valence-electron chi connectivity index (χ3n) is 2.78. The summed E-state index contributed by atoms with van der Waals surface area (Å²) in [6.07, 6.45) is 0.965. The summed E-state index contributed by atoms with van der Waals surface area (Å²) in [5.74, 6) is 1.49. The number of benzene rings is 1. The van der Waals surface area contributed by atoms with Gasteiger partial charge in [-0.25, -0.2) is 0 Å². The van der Waals surface area contributed by atoms with Crippen LogP contribution in [0, 0.1) is 6.92 Å². The lowest BCUT2D eigenvalue weighted by Crippen LogP contribution is -2.03. The number of rotatable bonds is 5. The molecule has 1 aromatic carbocycles. The van der Waals surface area contributed by atoms with E-state index in [0.29, 0.717) is 32.5 Å². The van der Waals surface area contributed by atoms with Gasteiger partial charge in [0.15, 0.2) is 0 Å². The first-order chi connectivity index (χ1) is 10.0. The van der Waals surface area contributed by atoms with E-state index >= 15 is 0 Å². The Morgan fingerprint density at radius 2 is 1.86 bits per heavy atom. The van der Waals surface area contributed by atoms with Crippen LogP contribution in [0.3, 0.4) is 0 Å². The highest BCUT2D eigenvalue weighted by Gasteiger charge is 2.11. The number of aromatic nitrogens is 1. The van der Waals surface area contributed by atoms with Gasteiger partial charge in [0.2, 0.25) is 5.88 Å². The van der Waals surface area contributed by atoms with Crippen molar-refractivity contribution in [2.24, 2.45) is 0 Å². The van der Waals surface area contributed by atoms with Crippen LogP contribution in [0.5, 0.6) is 11.6 Å². The lowest BCUT2D eigenvalue weighted by molar-refractivity contribution is 0.463. The van der Waals surface area contributed by atoms with Crippen LogP contribution in [-0.4, -0.2) is 11.5 Å². The molecule has 0 radical (unpaired) electrons. The maximum absolute atomic E-state index is 6.13. The first-order valence-electron chi connectivity index (χ1n) is 6.55. The minimum atomic E-state index is 0.307. The topological polar surface area (TPSA) is 34.2 Å². The van der Waals surface area contributed by atoms with Crippen LogP contribution in [0.4, 0.5) is 5.82 Å². The second kappa shape index (κ2) is 7.21. The molecule has 0 fully saturated rings. The summed E-state index contributed by atoms with van der Waals surface area (Å²) in [7, 11) is 0. The third-order valence-corrected chi connectivity index (χ3v) is 3.77. The zero-order valence-electron chi connectivity index (χ0n) is 11.7.